The van der Waals surface area contributed by atoms with Crippen LogP contribution in [0, 0.1) is 23.7 Å². The minimum atomic E-state index is -4.96. The van der Waals surface area contributed by atoms with Crippen molar-refractivity contribution in [2.45, 2.75) is 388 Å². The molecule has 0 fully saturated rings. The lowest BCUT2D eigenvalue weighted by atomic mass is 10.0. The monoisotopic (exact) mass is 1370 g/mol. The number of hydrogen-bond donors (Lipinski definition) is 3. The zero-order valence-corrected chi connectivity index (χ0v) is 62.7. The summed E-state index contributed by atoms with van der Waals surface area (Å²) in [5, 5.41) is 10.6. The number of aliphatic hydroxyl groups is 1. The Labute approximate surface area is 568 Å². The molecule has 0 aliphatic heterocycles. The average molecular weight is 1370 g/mol. The molecule has 0 saturated heterocycles. The lowest BCUT2D eigenvalue weighted by molar-refractivity contribution is -0.161. The number of esters is 4. The highest BCUT2D eigenvalue weighted by Crippen LogP contribution is 2.45. The van der Waals surface area contributed by atoms with Gasteiger partial charge < -0.3 is 33.8 Å². The number of carbonyl (C=O) groups is 4. The molecule has 552 valence electrons. The minimum absolute atomic E-state index is 0.103. The van der Waals surface area contributed by atoms with Gasteiger partial charge in [0.1, 0.15) is 19.3 Å². The van der Waals surface area contributed by atoms with Crippen LogP contribution in [0.15, 0.2) is 0 Å². The normalized spacial score (nSPS) is 14.2. The van der Waals surface area contributed by atoms with Gasteiger partial charge in [0.15, 0.2) is 12.2 Å². The zero-order valence-electron chi connectivity index (χ0n) is 60.9. The average Bonchev–Trinajstić information content (AvgIpc) is 2.75. The number of hydrogen-bond acceptors (Lipinski definition) is 15. The predicted octanol–water partition coefficient (Wildman–Crippen LogP) is 21.3. The van der Waals surface area contributed by atoms with Crippen molar-refractivity contribution in [3.63, 3.8) is 0 Å². The van der Waals surface area contributed by atoms with Crippen LogP contribution < -0.4 is 0 Å². The molecular formula is C74H144O17P2. The number of ether oxygens (including phenoxy) is 4. The summed E-state index contributed by atoms with van der Waals surface area (Å²) in [6.45, 7) is 14.1. The quantitative estimate of drug-likeness (QED) is 0.0222. The molecule has 0 aliphatic carbocycles. The molecule has 3 unspecified atom stereocenters. The van der Waals surface area contributed by atoms with E-state index >= 15 is 0 Å². The van der Waals surface area contributed by atoms with E-state index in [0.717, 1.165) is 114 Å². The van der Waals surface area contributed by atoms with E-state index in [4.69, 9.17) is 37.0 Å². The molecule has 0 amide bonds. The van der Waals surface area contributed by atoms with E-state index in [-0.39, 0.29) is 25.7 Å². The lowest BCUT2D eigenvalue weighted by Crippen LogP contribution is -2.30. The highest BCUT2D eigenvalue weighted by molar-refractivity contribution is 7.47. The fourth-order valence-electron chi connectivity index (χ4n) is 11.2. The maximum atomic E-state index is 13.1. The molecule has 17 nitrogen and oxygen atoms in total. The number of unbranched alkanes of at least 4 members (excludes halogenated alkanes) is 37. The smallest absolute Gasteiger partial charge is 0.462 e. The molecule has 0 aromatic heterocycles. The van der Waals surface area contributed by atoms with E-state index in [1.54, 1.807) is 0 Å². The largest absolute Gasteiger partial charge is 0.472 e. The van der Waals surface area contributed by atoms with Gasteiger partial charge in [0.25, 0.3) is 0 Å². The number of phosphoric acid groups is 2. The molecular weight excluding hydrogens is 1220 g/mol. The summed E-state index contributed by atoms with van der Waals surface area (Å²) in [7, 11) is -9.91. The number of phosphoric ester groups is 2. The molecule has 3 N–H and O–H groups in total. The molecule has 0 aromatic rings. The summed E-state index contributed by atoms with van der Waals surface area (Å²) in [5.41, 5.74) is 0. The summed E-state index contributed by atoms with van der Waals surface area (Å²) < 4.78 is 68.4. The van der Waals surface area contributed by atoms with E-state index in [0.29, 0.717) is 31.6 Å². The maximum Gasteiger partial charge on any atom is 0.472 e. The molecule has 0 heterocycles. The summed E-state index contributed by atoms with van der Waals surface area (Å²) in [6.07, 6.45) is 47.5. The van der Waals surface area contributed by atoms with Crippen molar-refractivity contribution in [3.05, 3.63) is 0 Å². The van der Waals surface area contributed by atoms with Crippen LogP contribution in [0.1, 0.15) is 370 Å². The SMILES string of the molecule is CC(C)CCCCCCCCCCCCCCCCCCCCC(=O)O[C@H](COC(=O)CCCCCCCCCCC(C)C)COP(=O)(O)OCC(O)COP(=O)(O)OC[C@@H](COC(=O)CCCCCCCCCC(C)C)OC(=O)CCCCCCCCCCC(C)C. The number of aliphatic hydroxyl groups excluding tert-OH is 1. The first kappa shape index (κ1) is 91.1. The summed E-state index contributed by atoms with van der Waals surface area (Å²) in [4.78, 5) is 72.6. The molecule has 0 bridgehead atoms. The van der Waals surface area contributed by atoms with Gasteiger partial charge in [-0.2, -0.15) is 0 Å². The van der Waals surface area contributed by atoms with Crippen molar-refractivity contribution in [2.75, 3.05) is 39.6 Å². The third kappa shape index (κ3) is 68.4. The Kier molecular flexibility index (Phi) is 62.2. The number of rotatable bonds is 71. The summed E-state index contributed by atoms with van der Waals surface area (Å²) >= 11 is 0. The summed E-state index contributed by atoms with van der Waals surface area (Å²) in [5.74, 6) is 0.842. The Balaban J connectivity index is 5.18. The van der Waals surface area contributed by atoms with Gasteiger partial charge in [-0.3, -0.25) is 37.3 Å². The van der Waals surface area contributed by atoms with E-state index in [1.807, 2.05) is 0 Å². The van der Waals surface area contributed by atoms with Crippen LogP contribution in [-0.4, -0.2) is 96.7 Å². The summed E-state index contributed by atoms with van der Waals surface area (Å²) in [6, 6.07) is 0. The zero-order chi connectivity index (χ0) is 68.9. The molecule has 5 atom stereocenters. The van der Waals surface area contributed by atoms with Crippen LogP contribution >= 0.6 is 15.6 Å². The van der Waals surface area contributed by atoms with Gasteiger partial charge in [-0.15, -0.1) is 0 Å². The third-order valence-electron chi connectivity index (χ3n) is 17.1. The molecule has 0 saturated carbocycles. The van der Waals surface area contributed by atoms with E-state index in [9.17, 15) is 43.2 Å². The van der Waals surface area contributed by atoms with E-state index in [1.165, 1.54) is 167 Å². The second-order valence-corrected chi connectivity index (χ2v) is 31.5. The van der Waals surface area contributed by atoms with Gasteiger partial charge in [0, 0.05) is 25.7 Å². The second kappa shape index (κ2) is 63.5. The standard InChI is InChI=1S/C74H144O17P2/c1-64(2)50-42-34-26-19-17-15-13-11-9-10-12-14-16-18-20-31-40-48-56-73(78)90-69(60-84-71(76)54-46-38-30-23-21-27-35-43-51-65(3)4)62-88-92(80,81)86-58-68(75)59-87-93(82,83)89-63-70(61-85-72(77)55-47-39-33-25-29-37-45-53-67(7)8)91-74(79)57-49-41-32-24-22-28-36-44-52-66(5)6/h64-70,75H,9-63H2,1-8H3,(H,80,81)(H,82,83)/t68?,69-,70-/m1/s1. The second-order valence-electron chi connectivity index (χ2n) is 28.6. The van der Waals surface area contributed by atoms with Crippen molar-refractivity contribution < 1.29 is 80.2 Å². The Morgan fingerprint density at radius 1 is 0.269 bits per heavy atom. The molecule has 93 heavy (non-hydrogen) atoms. The fraction of sp³-hybridized carbons (Fsp3) is 0.946. The van der Waals surface area contributed by atoms with Gasteiger partial charge >= 0.3 is 39.5 Å². The highest BCUT2D eigenvalue weighted by atomic mass is 31.2. The molecule has 0 aliphatic rings. The van der Waals surface area contributed by atoms with E-state index < -0.39 is 97.5 Å². The van der Waals surface area contributed by atoms with Gasteiger partial charge in [0.2, 0.25) is 0 Å². The van der Waals surface area contributed by atoms with Crippen LogP contribution in [-0.2, 0) is 65.4 Å². The molecule has 0 rings (SSSR count). The van der Waals surface area contributed by atoms with Crippen molar-refractivity contribution in [1.29, 1.82) is 0 Å². The van der Waals surface area contributed by atoms with Crippen molar-refractivity contribution in [1.82, 2.24) is 0 Å². The first-order chi connectivity index (χ1) is 44.6. The maximum absolute atomic E-state index is 13.1. The Morgan fingerprint density at radius 3 is 0.667 bits per heavy atom. The Morgan fingerprint density at radius 2 is 0.452 bits per heavy atom. The lowest BCUT2D eigenvalue weighted by Gasteiger charge is -2.21. The first-order valence-corrected chi connectivity index (χ1v) is 41.2. The Hall–Kier alpha value is -1.94. The molecule has 0 aromatic carbocycles. The molecule has 0 spiro atoms. The minimum Gasteiger partial charge on any atom is -0.462 e. The first-order valence-electron chi connectivity index (χ1n) is 38.2. The van der Waals surface area contributed by atoms with Crippen LogP contribution in [0.4, 0.5) is 0 Å². The topological polar surface area (TPSA) is 237 Å². The predicted molar refractivity (Wildman–Crippen MR) is 377 cm³/mol. The highest BCUT2D eigenvalue weighted by Gasteiger charge is 2.30. The van der Waals surface area contributed by atoms with Crippen LogP contribution in [0.5, 0.6) is 0 Å². The molecule has 0 radical (unpaired) electrons. The fourth-order valence-corrected chi connectivity index (χ4v) is 12.8. The number of carbonyl (C=O) groups excluding carboxylic acids is 4. The van der Waals surface area contributed by atoms with Crippen molar-refractivity contribution in [2.24, 2.45) is 23.7 Å². The van der Waals surface area contributed by atoms with Gasteiger partial charge in [0.05, 0.1) is 26.4 Å². The molecule has 19 heteroatoms. The van der Waals surface area contributed by atoms with Crippen LogP contribution in [0.25, 0.3) is 0 Å². The van der Waals surface area contributed by atoms with E-state index in [2.05, 4.69) is 55.4 Å². The van der Waals surface area contributed by atoms with Gasteiger partial charge in [-0.25, -0.2) is 9.13 Å². The van der Waals surface area contributed by atoms with Crippen LogP contribution in [0.3, 0.4) is 0 Å². The van der Waals surface area contributed by atoms with Gasteiger partial charge in [-0.05, 0) is 49.4 Å². The van der Waals surface area contributed by atoms with Crippen molar-refractivity contribution in [3.8, 4) is 0 Å². The Bertz CT molecular complexity index is 1830. The van der Waals surface area contributed by atoms with Crippen molar-refractivity contribution >= 4 is 39.5 Å². The van der Waals surface area contributed by atoms with Gasteiger partial charge in [-0.1, -0.05) is 319 Å². The van der Waals surface area contributed by atoms with Crippen LogP contribution in [0.2, 0.25) is 0 Å². The third-order valence-corrected chi connectivity index (χ3v) is 19.0.